The van der Waals surface area contributed by atoms with Crippen LogP contribution in [-0.4, -0.2) is 37.8 Å². The highest BCUT2D eigenvalue weighted by molar-refractivity contribution is 5.78. The highest BCUT2D eigenvalue weighted by Gasteiger charge is 2.19. The lowest BCUT2D eigenvalue weighted by Crippen LogP contribution is -2.15. The van der Waals surface area contributed by atoms with Crippen LogP contribution in [0.1, 0.15) is 31.0 Å². The van der Waals surface area contributed by atoms with Gasteiger partial charge in [-0.3, -0.25) is 4.79 Å². The summed E-state index contributed by atoms with van der Waals surface area (Å²) in [5, 5.41) is 10.9. The molecule has 1 unspecified atom stereocenters. The summed E-state index contributed by atoms with van der Waals surface area (Å²) in [6.45, 7) is 5.81. The van der Waals surface area contributed by atoms with Crippen LogP contribution in [0.2, 0.25) is 0 Å². The molecule has 0 aliphatic carbocycles. The molecular weight excluding hydrogens is 246 g/mol. The lowest BCUT2D eigenvalue weighted by Gasteiger charge is -2.13. The van der Waals surface area contributed by atoms with Gasteiger partial charge in [-0.15, -0.1) is 5.10 Å². The Morgan fingerprint density at radius 3 is 2.84 bits per heavy atom. The average molecular weight is 261 g/mol. The third-order valence-corrected chi connectivity index (χ3v) is 2.80. The second-order valence-corrected chi connectivity index (χ2v) is 4.07. The van der Waals surface area contributed by atoms with E-state index in [4.69, 9.17) is 4.74 Å². The zero-order chi connectivity index (χ0) is 13.8. The standard InChI is InChI=1S/C12H15N5O2/c1-4-19-12(18)8(2)10-5-6-11(14-9(10)3)17-7-13-15-16-17/h5-8H,4H2,1-3H3. The molecule has 0 aliphatic heterocycles. The molecule has 0 fully saturated rings. The zero-order valence-electron chi connectivity index (χ0n) is 11.1. The van der Waals surface area contributed by atoms with E-state index in [2.05, 4.69) is 20.5 Å². The molecule has 0 amide bonds. The molecule has 7 nitrogen and oxygen atoms in total. The van der Waals surface area contributed by atoms with Gasteiger partial charge in [-0.1, -0.05) is 6.07 Å². The van der Waals surface area contributed by atoms with Crippen molar-refractivity contribution >= 4 is 5.97 Å². The monoisotopic (exact) mass is 261 g/mol. The number of ether oxygens (including phenoxy) is 1. The Morgan fingerprint density at radius 1 is 1.47 bits per heavy atom. The van der Waals surface area contributed by atoms with E-state index in [-0.39, 0.29) is 11.9 Å². The molecule has 0 saturated heterocycles. The lowest BCUT2D eigenvalue weighted by molar-refractivity contribution is -0.144. The van der Waals surface area contributed by atoms with Gasteiger partial charge in [-0.05, 0) is 42.8 Å². The number of hydrogen-bond acceptors (Lipinski definition) is 6. The molecule has 19 heavy (non-hydrogen) atoms. The first kappa shape index (κ1) is 13.1. The van der Waals surface area contributed by atoms with Crippen molar-refractivity contribution in [1.29, 1.82) is 0 Å². The summed E-state index contributed by atoms with van der Waals surface area (Å²) in [7, 11) is 0. The second-order valence-electron chi connectivity index (χ2n) is 4.07. The molecule has 100 valence electrons. The summed E-state index contributed by atoms with van der Waals surface area (Å²) in [5.41, 5.74) is 1.60. The maximum Gasteiger partial charge on any atom is 0.313 e. The van der Waals surface area contributed by atoms with Gasteiger partial charge in [-0.2, -0.15) is 4.68 Å². The predicted octanol–water partition coefficient (Wildman–Crippen LogP) is 1.03. The Balaban J connectivity index is 2.27. The van der Waals surface area contributed by atoms with Crippen molar-refractivity contribution in [3.05, 3.63) is 29.7 Å². The van der Waals surface area contributed by atoms with Crippen molar-refractivity contribution in [2.45, 2.75) is 26.7 Å². The summed E-state index contributed by atoms with van der Waals surface area (Å²) in [6.07, 6.45) is 1.47. The van der Waals surface area contributed by atoms with Crippen LogP contribution in [0.15, 0.2) is 18.5 Å². The van der Waals surface area contributed by atoms with Crippen LogP contribution >= 0.6 is 0 Å². The molecule has 0 N–H and O–H groups in total. The van der Waals surface area contributed by atoms with Gasteiger partial charge in [0, 0.05) is 5.69 Å². The third kappa shape index (κ3) is 2.75. The van der Waals surface area contributed by atoms with Crippen LogP contribution in [0.3, 0.4) is 0 Å². The summed E-state index contributed by atoms with van der Waals surface area (Å²) in [5.74, 6) is 0.0280. The van der Waals surface area contributed by atoms with E-state index in [1.807, 2.05) is 13.0 Å². The van der Waals surface area contributed by atoms with Crippen LogP contribution in [0.5, 0.6) is 0 Å². The summed E-state index contributed by atoms with van der Waals surface area (Å²) >= 11 is 0. The highest BCUT2D eigenvalue weighted by atomic mass is 16.5. The van der Waals surface area contributed by atoms with Crippen LogP contribution < -0.4 is 0 Å². The summed E-state index contributed by atoms with van der Waals surface area (Å²) < 4.78 is 6.48. The Kier molecular flexibility index (Phi) is 3.84. The number of tetrazole rings is 1. The van der Waals surface area contributed by atoms with Crippen LogP contribution in [0.4, 0.5) is 0 Å². The number of carbonyl (C=O) groups excluding carboxylic acids is 1. The molecule has 0 aromatic carbocycles. The van der Waals surface area contributed by atoms with E-state index in [1.54, 1.807) is 19.9 Å². The predicted molar refractivity (Wildman–Crippen MR) is 66.7 cm³/mol. The van der Waals surface area contributed by atoms with Crippen molar-refractivity contribution in [2.24, 2.45) is 0 Å². The van der Waals surface area contributed by atoms with Gasteiger partial charge < -0.3 is 4.74 Å². The first-order valence-electron chi connectivity index (χ1n) is 6.01. The molecule has 2 rings (SSSR count). The number of pyridine rings is 1. The van der Waals surface area contributed by atoms with E-state index in [9.17, 15) is 4.79 Å². The number of aromatic nitrogens is 5. The molecule has 2 heterocycles. The Morgan fingerprint density at radius 2 is 2.26 bits per heavy atom. The van der Waals surface area contributed by atoms with Gasteiger partial charge in [0.2, 0.25) is 0 Å². The van der Waals surface area contributed by atoms with Crippen molar-refractivity contribution in [2.75, 3.05) is 6.61 Å². The minimum atomic E-state index is -0.338. The highest BCUT2D eigenvalue weighted by Crippen LogP contribution is 2.20. The van der Waals surface area contributed by atoms with E-state index in [0.29, 0.717) is 12.4 Å². The Bertz CT molecular complexity index is 568. The van der Waals surface area contributed by atoms with E-state index >= 15 is 0 Å². The largest absolute Gasteiger partial charge is 0.466 e. The number of carbonyl (C=O) groups is 1. The summed E-state index contributed by atoms with van der Waals surface area (Å²) in [4.78, 5) is 16.1. The van der Waals surface area contributed by atoms with Crippen LogP contribution in [0, 0.1) is 6.92 Å². The molecule has 0 spiro atoms. The van der Waals surface area contributed by atoms with E-state index in [0.717, 1.165) is 11.3 Å². The van der Waals surface area contributed by atoms with Crippen LogP contribution in [-0.2, 0) is 9.53 Å². The molecule has 0 radical (unpaired) electrons. The van der Waals surface area contributed by atoms with E-state index in [1.165, 1.54) is 11.0 Å². The molecular formula is C12H15N5O2. The van der Waals surface area contributed by atoms with Crippen molar-refractivity contribution in [3.63, 3.8) is 0 Å². The topological polar surface area (TPSA) is 82.8 Å². The molecule has 1 atom stereocenters. The van der Waals surface area contributed by atoms with Crippen LogP contribution in [0.25, 0.3) is 5.82 Å². The smallest absolute Gasteiger partial charge is 0.313 e. The SMILES string of the molecule is CCOC(=O)C(C)c1ccc(-n2cnnn2)nc1C. The first-order chi connectivity index (χ1) is 9.13. The average Bonchev–Trinajstić information content (AvgIpc) is 2.92. The fourth-order valence-corrected chi connectivity index (χ4v) is 1.80. The Hall–Kier alpha value is -2.31. The quantitative estimate of drug-likeness (QED) is 0.764. The fraction of sp³-hybridized carbons (Fsp3) is 0.417. The maximum absolute atomic E-state index is 11.7. The fourth-order valence-electron chi connectivity index (χ4n) is 1.80. The number of esters is 1. The van der Waals surface area contributed by atoms with Gasteiger partial charge in [0.1, 0.15) is 6.33 Å². The number of hydrogen-bond donors (Lipinski definition) is 0. The van der Waals surface area contributed by atoms with Gasteiger partial charge in [0.15, 0.2) is 5.82 Å². The van der Waals surface area contributed by atoms with Crippen molar-refractivity contribution in [1.82, 2.24) is 25.2 Å². The van der Waals surface area contributed by atoms with Gasteiger partial charge in [0.25, 0.3) is 0 Å². The van der Waals surface area contributed by atoms with Gasteiger partial charge >= 0.3 is 5.97 Å². The molecule has 2 aromatic rings. The number of aryl methyl sites for hydroxylation is 1. The summed E-state index contributed by atoms with van der Waals surface area (Å²) in [6, 6.07) is 3.62. The normalized spacial score (nSPS) is 12.2. The molecule has 0 aliphatic rings. The molecule has 0 saturated carbocycles. The van der Waals surface area contributed by atoms with Gasteiger partial charge in [-0.25, -0.2) is 4.98 Å². The molecule has 0 bridgehead atoms. The lowest BCUT2D eigenvalue weighted by atomic mass is 10.00. The minimum Gasteiger partial charge on any atom is -0.466 e. The minimum absolute atomic E-state index is 0.248. The number of rotatable bonds is 4. The van der Waals surface area contributed by atoms with Crippen molar-refractivity contribution in [3.8, 4) is 5.82 Å². The number of nitrogens with zero attached hydrogens (tertiary/aromatic N) is 5. The second kappa shape index (κ2) is 5.55. The third-order valence-electron chi connectivity index (χ3n) is 2.80. The van der Waals surface area contributed by atoms with Crippen molar-refractivity contribution < 1.29 is 9.53 Å². The first-order valence-corrected chi connectivity index (χ1v) is 6.01. The molecule has 7 heteroatoms. The van der Waals surface area contributed by atoms with Gasteiger partial charge in [0.05, 0.1) is 12.5 Å². The Labute approximate surface area is 110 Å². The van der Waals surface area contributed by atoms with E-state index < -0.39 is 0 Å². The zero-order valence-corrected chi connectivity index (χ0v) is 11.1. The maximum atomic E-state index is 11.7. The molecule has 2 aromatic heterocycles.